The smallest absolute Gasteiger partial charge is 0.234 e. The molecule has 6 heteroatoms. The third-order valence-electron chi connectivity index (χ3n) is 3.12. The minimum absolute atomic E-state index is 0.264. The number of rotatable bonds is 4. The lowest BCUT2D eigenvalue weighted by Crippen LogP contribution is -2.31. The van der Waals surface area contributed by atoms with Gasteiger partial charge < -0.3 is 10.3 Å². The Balaban J connectivity index is 2.33. The number of aromatic nitrogens is 4. The van der Waals surface area contributed by atoms with Gasteiger partial charge in [0.05, 0.1) is 5.41 Å². The summed E-state index contributed by atoms with van der Waals surface area (Å²) in [6.07, 6.45) is 2.70. The first kappa shape index (κ1) is 11.8. The van der Waals surface area contributed by atoms with Gasteiger partial charge in [0.1, 0.15) is 5.69 Å². The van der Waals surface area contributed by atoms with Gasteiger partial charge in [-0.15, -0.1) is 0 Å². The highest BCUT2D eigenvalue weighted by atomic mass is 16.5. The second-order valence-corrected chi connectivity index (χ2v) is 4.42. The quantitative estimate of drug-likeness (QED) is 0.857. The molecule has 0 aliphatic carbocycles. The van der Waals surface area contributed by atoms with E-state index < -0.39 is 0 Å². The van der Waals surface area contributed by atoms with Gasteiger partial charge >= 0.3 is 0 Å². The van der Waals surface area contributed by atoms with Crippen LogP contribution in [0.3, 0.4) is 0 Å². The van der Waals surface area contributed by atoms with E-state index in [4.69, 9.17) is 10.3 Å². The second-order valence-electron chi connectivity index (χ2n) is 4.42. The Kier molecular flexibility index (Phi) is 2.97. The molecule has 6 nitrogen and oxygen atoms in total. The van der Waals surface area contributed by atoms with Gasteiger partial charge in [-0.2, -0.15) is 10.1 Å². The van der Waals surface area contributed by atoms with Gasteiger partial charge in [-0.1, -0.05) is 12.1 Å². The third-order valence-corrected chi connectivity index (χ3v) is 3.12. The van der Waals surface area contributed by atoms with Gasteiger partial charge in [-0.25, -0.2) is 0 Å². The Morgan fingerprint density at radius 3 is 2.82 bits per heavy atom. The Bertz CT molecular complexity index is 497. The molecule has 1 atom stereocenters. The third kappa shape index (κ3) is 2.08. The molecule has 0 aliphatic rings. The summed E-state index contributed by atoms with van der Waals surface area (Å²) in [5.74, 6) is 1.08. The van der Waals surface area contributed by atoms with Crippen molar-refractivity contribution >= 4 is 0 Å². The van der Waals surface area contributed by atoms with E-state index in [1.54, 1.807) is 4.68 Å². The predicted octanol–water partition coefficient (Wildman–Crippen LogP) is 1.10. The van der Waals surface area contributed by atoms with Crippen molar-refractivity contribution in [1.29, 1.82) is 0 Å². The van der Waals surface area contributed by atoms with Gasteiger partial charge in [-0.05, 0) is 19.4 Å². The predicted molar refractivity (Wildman–Crippen MR) is 63.2 cm³/mol. The molecule has 0 aliphatic heterocycles. The summed E-state index contributed by atoms with van der Waals surface area (Å²) in [5, 5.41) is 8.17. The largest absolute Gasteiger partial charge is 0.338 e. The van der Waals surface area contributed by atoms with E-state index in [1.807, 2.05) is 26.2 Å². The summed E-state index contributed by atoms with van der Waals surface area (Å²) >= 11 is 0. The van der Waals surface area contributed by atoms with E-state index in [2.05, 4.69) is 22.2 Å². The molecule has 0 saturated heterocycles. The first-order valence-corrected chi connectivity index (χ1v) is 5.63. The van der Waals surface area contributed by atoms with Crippen LogP contribution >= 0.6 is 0 Å². The minimum atomic E-state index is -0.264. The van der Waals surface area contributed by atoms with Crippen LogP contribution in [0.2, 0.25) is 0 Å². The molecular weight excluding hydrogens is 218 g/mol. The summed E-state index contributed by atoms with van der Waals surface area (Å²) in [7, 11) is 1.85. The van der Waals surface area contributed by atoms with Crippen molar-refractivity contribution in [1.82, 2.24) is 19.9 Å². The lowest BCUT2D eigenvalue weighted by molar-refractivity contribution is 0.291. The van der Waals surface area contributed by atoms with Crippen molar-refractivity contribution in [3.8, 4) is 11.5 Å². The SMILES string of the molecule is CCC(C)(CN)c1nc(-c2ccn(C)n2)no1. The Morgan fingerprint density at radius 2 is 2.29 bits per heavy atom. The van der Waals surface area contributed by atoms with Crippen LogP contribution < -0.4 is 5.73 Å². The van der Waals surface area contributed by atoms with Crippen LogP contribution in [0.25, 0.3) is 11.5 Å². The maximum atomic E-state index is 5.75. The van der Waals surface area contributed by atoms with E-state index in [9.17, 15) is 0 Å². The Hall–Kier alpha value is -1.69. The molecule has 2 aromatic rings. The summed E-state index contributed by atoms with van der Waals surface area (Å²) in [6.45, 7) is 4.55. The normalized spacial score (nSPS) is 14.8. The topological polar surface area (TPSA) is 82.8 Å². The molecule has 0 radical (unpaired) electrons. The van der Waals surface area contributed by atoms with Crippen LogP contribution in [0.5, 0.6) is 0 Å². The van der Waals surface area contributed by atoms with Crippen LogP contribution in [0, 0.1) is 0 Å². The second kappa shape index (κ2) is 4.29. The van der Waals surface area contributed by atoms with E-state index >= 15 is 0 Å². The first-order chi connectivity index (χ1) is 8.09. The van der Waals surface area contributed by atoms with Crippen LogP contribution in [0.1, 0.15) is 26.2 Å². The molecule has 2 heterocycles. The van der Waals surface area contributed by atoms with Gasteiger partial charge in [0.2, 0.25) is 11.7 Å². The molecule has 0 spiro atoms. The molecule has 0 amide bonds. The molecule has 1 unspecified atom stereocenters. The van der Waals surface area contributed by atoms with E-state index in [0.29, 0.717) is 24.0 Å². The molecule has 0 saturated carbocycles. The van der Waals surface area contributed by atoms with Crippen molar-refractivity contribution in [2.45, 2.75) is 25.7 Å². The maximum absolute atomic E-state index is 5.75. The number of hydrogen-bond donors (Lipinski definition) is 1. The monoisotopic (exact) mass is 235 g/mol. The zero-order valence-corrected chi connectivity index (χ0v) is 10.3. The summed E-state index contributed by atoms with van der Waals surface area (Å²) < 4.78 is 6.99. The van der Waals surface area contributed by atoms with Gasteiger partial charge in [0, 0.05) is 19.8 Å². The molecule has 2 N–H and O–H groups in total. The van der Waals surface area contributed by atoms with Crippen molar-refractivity contribution in [3.63, 3.8) is 0 Å². The molecule has 2 aromatic heterocycles. The number of hydrogen-bond acceptors (Lipinski definition) is 5. The number of nitrogens with two attached hydrogens (primary N) is 1. The van der Waals surface area contributed by atoms with Crippen LogP contribution in [-0.2, 0) is 12.5 Å². The fraction of sp³-hybridized carbons (Fsp3) is 0.545. The number of nitrogens with zero attached hydrogens (tertiary/aromatic N) is 4. The van der Waals surface area contributed by atoms with Crippen LogP contribution in [-0.4, -0.2) is 26.5 Å². The van der Waals surface area contributed by atoms with E-state index in [0.717, 1.165) is 6.42 Å². The highest BCUT2D eigenvalue weighted by molar-refractivity contribution is 5.46. The van der Waals surface area contributed by atoms with E-state index in [-0.39, 0.29) is 5.41 Å². The fourth-order valence-corrected chi connectivity index (χ4v) is 1.49. The van der Waals surface area contributed by atoms with Gasteiger partial charge in [-0.3, -0.25) is 4.68 Å². The Morgan fingerprint density at radius 1 is 1.53 bits per heavy atom. The standard InChI is InChI=1S/C11H17N5O/c1-4-11(2,7-12)10-13-9(15-17-10)8-5-6-16(3)14-8/h5-6H,4,7,12H2,1-3H3. The molecule has 17 heavy (non-hydrogen) atoms. The van der Waals surface area contributed by atoms with Crippen LogP contribution in [0.15, 0.2) is 16.8 Å². The molecule has 0 bridgehead atoms. The molecular formula is C11H17N5O. The highest BCUT2D eigenvalue weighted by Gasteiger charge is 2.30. The van der Waals surface area contributed by atoms with Gasteiger partial charge in [0.15, 0.2) is 0 Å². The highest BCUT2D eigenvalue weighted by Crippen LogP contribution is 2.26. The van der Waals surface area contributed by atoms with Crippen molar-refractivity contribution in [2.75, 3.05) is 6.54 Å². The molecule has 0 aromatic carbocycles. The first-order valence-electron chi connectivity index (χ1n) is 5.63. The van der Waals surface area contributed by atoms with Crippen molar-refractivity contribution < 1.29 is 4.52 Å². The van der Waals surface area contributed by atoms with Crippen LogP contribution in [0.4, 0.5) is 0 Å². The zero-order valence-electron chi connectivity index (χ0n) is 10.3. The maximum Gasteiger partial charge on any atom is 0.234 e. The summed E-state index contributed by atoms with van der Waals surface area (Å²) in [4.78, 5) is 4.37. The molecule has 2 rings (SSSR count). The fourth-order valence-electron chi connectivity index (χ4n) is 1.49. The molecule has 92 valence electrons. The number of aryl methyl sites for hydroxylation is 1. The lowest BCUT2D eigenvalue weighted by atomic mass is 9.88. The zero-order chi connectivity index (χ0) is 12.5. The minimum Gasteiger partial charge on any atom is -0.338 e. The molecule has 0 fully saturated rings. The summed E-state index contributed by atoms with van der Waals surface area (Å²) in [6, 6.07) is 1.85. The average Bonchev–Trinajstić information content (AvgIpc) is 2.96. The lowest BCUT2D eigenvalue weighted by Gasteiger charge is -2.20. The Labute approximate surface area is 99.8 Å². The van der Waals surface area contributed by atoms with Gasteiger partial charge in [0.25, 0.3) is 0 Å². The van der Waals surface area contributed by atoms with E-state index in [1.165, 1.54) is 0 Å². The van der Waals surface area contributed by atoms with Crippen molar-refractivity contribution in [3.05, 3.63) is 18.2 Å². The average molecular weight is 235 g/mol. The summed E-state index contributed by atoms with van der Waals surface area (Å²) in [5.41, 5.74) is 6.20. The van der Waals surface area contributed by atoms with Crippen molar-refractivity contribution in [2.24, 2.45) is 12.8 Å².